The Morgan fingerprint density at radius 2 is 1.81 bits per heavy atom. The molecule has 42 heavy (non-hydrogen) atoms. The van der Waals surface area contributed by atoms with Gasteiger partial charge in [-0.3, -0.25) is 9.59 Å². The van der Waals surface area contributed by atoms with Crippen LogP contribution in [-0.4, -0.2) is 81.7 Å². The molecule has 0 unspecified atom stereocenters. The van der Waals surface area contributed by atoms with E-state index in [0.29, 0.717) is 35.5 Å². The average molecular weight is 582 g/mol. The summed E-state index contributed by atoms with van der Waals surface area (Å²) >= 11 is 0. The third-order valence-corrected chi connectivity index (χ3v) is 8.72. The lowest BCUT2D eigenvalue weighted by atomic mass is 9.78. The number of benzene rings is 1. The van der Waals surface area contributed by atoms with Crippen LogP contribution in [-0.2, 0) is 4.79 Å². The Morgan fingerprint density at radius 3 is 2.48 bits per heavy atom. The first kappa shape index (κ1) is 28.2. The number of nitrogens with zero attached hydrogens (tertiary/aromatic N) is 5. The highest BCUT2D eigenvalue weighted by molar-refractivity contribution is 5.94. The van der Waals surface area contributed by atoms with E-state index in [1.54, 1.807) is 10.7 Å². The van der Waals surface area contributed by atoms with Crippen LogP contribution in [0, 0.1) is 5.41 Å². The van der Waals surface area contributed by atoms with E-state index in [-0.39, 0.29) is 12.5 Å². The molecule has 2 amide bonds. The molecule has 222 valence electrons. The third-order valence-electron chi connectivity index (χ3n) is 8.72. The number of likely N-dealkylation sites (tertiary alicyclic amines) is 1. The molecule has 0 aliphatic carbocycles. The number of nitrogens with one attached hydrogen (secondary N) is 2. The van der Waals surface area contributed by atoms with Gasteiger partial charge in [0.1, 0.15) is 0 Å². The van der Waals surface area contributed by atoms with E-state index in [1.807, 2.05) is 47.4 Å². The Morgan fingerprint density at radius 1 is 1.02 bits per heavy atom. The molecule has 12 heteroatoms. The second-order valence-electron chi connectivity index (χ2n) is 11.5. The van der Waals surface area contributed by atoms with Crippen LogP contribution in [0.4, 0.5) is 24.8 Å². The summed E-state index contributed by atoms with van der Waals surface area (Å²) < 4.78 is 39.2. The molecule has 2 aromatic heterocycles. The average Bonchev–Trinajstić information content (AvgIpc) is 3.62. The van der Waals surface area contributed by atoms with Gasteiger partial charge in [0, 0.05) is 62.2 Å². The predicted octanol–water partition coefficient (Wildman–Crippen LogP) is 4.65. The number of pyridine rings is 1. The predicted molar refractivity (Wildman–Crippen MR) is 152 cm³/mol. The van der Waals surface area contributed by atoms with Crippen molar-refractivity contribution in [3.05, 3.63) is 59.8 Å². The van der Waals surface area contributed by atoms with E-state index in [9.17, 15) is 22.8 Å². The van der Waals surface area contributed by atoms with Crippen LogP contribution in [0.2, 0.25) is 0 Å². The van der Waals surface area contributed by atoms with E-state index in [4.69, 9.17) is 0 Å². The van der Waals surface area contributed by atoms with Crippen molar-refractivity contribution in [2.24, 2.45) is 5.41 Å². The van der Waals surface area contributed by atoms with Crippen LogP contribution in [0.25, 0.3) is 11.2 Å². The number of hydrogen-bond donors (Lipinski definition) is 2. The van der Waals surface area contributed by atoms with Gasteiger partial charge in [0.05, 0.1) is 6.42 Å². The lowest BCUT2D eigenvalue weighted by Gasteiger charge is -2.38. The fourth-order valence-electron chi connectivity index (χ4n) is 6.17. The smallest absolute Gasteiger partial charge is 0.339 e. The highest BCUT2D eigenvalue weighted by Gasteiger charge is 2.38. The van der Waals surface area contributed by atoms with Crippen LogP contribution in [0.5, 0.6) is 0 Å². The van der Waals surface area contributed by atoms with Crippen LogP contribution < -0.4 is 10.6 Å². The van der Waals surface area contributed by atoms with Gasteiger partial charge in [0.15, 0.2) is 5.65 Å². The van der Waals surface area contributed by atoms with Gasteiger partial charge in [-0.25, -0.2) is 4.52 Å². The molecular formula is C30H34F3N7O2. The Hall–Kier alpha value is -3.93. The van der Waals surface area contributed by atoms with Crippen molar-refractivity contribution >= 4 is 34.7 Å². The van der Waals surface area contributed by atoms with Gasteiger partial charge < -0.3 is 20.4 Å². The van der Waals surface area contributed by atoms with Gasteiger partial charge in [0.2, 0.25) is 11.9 Å². The summed E-state index contributed by atoms with van der Waals surface area (Å²) in [4.78, 5) is 33.4. The van der Waals surface area contributed by atoms with Crippen LogP contribution in [0.1, 0.15) is 54.4 Å². The van der Waals surface area contributed by atoms with Gasteiger partial charge in [-0.1, -0.05) is 6.08 Å². The van der Waals surface area contributed by atoms with Gasteiger partial charge in [-0.2, -0.15) is 18.2 Å². The van der Waals surface area contributed by atoms with E-state index in [2.05, 4.69) is 20.7 Å². The van der Waals surface area contributed by atoms with E-state index >= 15 is 0 Å². The molecule has 1 spiro atoms. The monoisotopic (exact) mass is 581 g/mol. The SMILES string of the molecule is O=C(CCC(F)(F)F)N1CC=C(c2cccn3nc(Nc4ccc(C(=O)N5CCC6(CCNC6)CC5)cc4)nc23)CC1. The lowest BCUT2D eigenvalue weighted by Crippen LogP contribution is -2.44. The van der Waals surface area contributed by atoms with Crippen molar-refractivity contribution < 1.29 is 22.8 Å². The number of carbonyl (C=O) groups excluding carboxylic acids is 2. The maximum atomic E-state index is 13.1. The minimum atomic E-state index is -4.34. The quantitative estimate of drug-likeness (QED) is 0.440. The first-order valence-electron chi connectivity index (χ1n) is 14.4. The van der Waals surface area contributed by atoms with Gasteiger partial charge in [0.25, 0.3) is 5.91 Å². The molecule has 9 nitrogen and oxygen atoms in total. The summed E-state index contributed by atoms with van der Waals surface area (Å²) in [5, 5.41) is 11.2. The Kier molecular flexibility index (Phi) is 7.65. The Balaban J connectivity index is 1.09. The van der Waals surface area contributed by atoms with E-state index < -0.39 is 24.9 Å². The number of rotatable bonds is 6. The molecule has 2 fully saturated rings. The zero-order chi connectivity index (χ0) is 29.3. The number of piperidine rings is 1. The van der Waals surface area contributed by atoms with E-state index in [1.165, 1.54) is 11.3 Å². The zero-order valence-corrected chi connectivity index (χ0v) is 23.3. The molecule has 2 saturated heterocycles. The minimum Gasteiger partial charge on any atom is -0.339 e. The molecule has 3 aromatic rings. The molecular weight excluding hydrogens is 547 g/mol. The third kappa shape index (κ3) is 6.13. The molecule has 0 saturated carbocycles. The van der Waals surface area contributed by atoms with Gasteiger partial charge in [-0.15, -0.1) is 5.10 Å². The molecule has 0 atom stereocenters. The lowest BCUT2D eigenvalue weighted by molar-refractivity contribution is -0.148. The summed E-state index contributed by atoms with van der Waals surface area (Å²) in [5.74, 6) is -0.0407. The highest BCUT2D eigenvalue weighted by atomic mass is 19.4. The number of anilines is 2. The summed E-state index contributed by atoms with van der Waals surface area (Å²) in [6.07, 6.45) is 1.47. The highest BCUT2D eigenvalue weighted by Crippen LogP contribution is 2.37. The number of carbonyl (C=O) groups is 2. The van der Waals surface area contributed by atoms with Gasteiger partial charge >= 0.3 is 6.18 Å². The summed E-state index contributed by atoms with van der Waals surface area (Å²) in [7, 11) is 0. The minimum absolute atomic E-state index is 0.0548. The number of hydrogen-bond acceptors (Lipinski definition) is 6. The number of fused-ring (bicyclic) bond motifs is 1. The topological polar surface area (TPSA) is 94.9 Å². The van der Waals surface area contributed by atoms with E-state index in [0.717, 1.165) is 55.8 Å². The standard InChI is InChI=1S/C30H34F3N7O2/c31-30(32,33)10-7-25(41)38-16-8-21(9-17-38)24-2-1-15-40-26(24)36-28(37-40)35-23-5-3-22(4-6-23)27(42)39-18-12-29(13-19-39)11-14-34-20-29/h1-6,8,15,34H,7,9-14,16-20H2,(H,35,37). The number of amides is 2. The van der Waals surface area contributed by atoms with Gasteiger partial charge in [-0.05, 0) is 79.6 Å². The van der Waals surface area contributed by atoms with Crippen LogP contribution in [0.3, 0.4) is 0 Å². The largest absolute Gasteiger partial charge is 0.389 e. The second-order valence-corrected chi connectivity index (χ2v) is 11.5. The maximum Gasteiger partial charge on any atom is 0.389 e. The maximum absolute atomic E-state index is 13.1. The molecule has 0 bridgehead atoms. The Bertz CT molecular complexity index is 1480. The molecule has 3 aliphatic heterocycles. The molecule has 3 aliphatic rings. The van der Waals surface area contributed by atoms with Crippen molar-refractivity contribution in [2.45, 2.75) is 44.7 Å². The van der Waals surface area contributed by atoms with Crippen molar-refractivity contribution in [3.8, 4) is 0 Å². The molecule has 1 aromatic carbocycles. The number of alkyl halides is 3. The molecule has 2 N–H and O–H groups in total. The fraction of sp³-hybridized carbons (Fsp3) is 0.467. The summed E-state index contributed by atoms with van der Waals surface area (Å²) in [6, 6.07) is 11.1. The fourth-order valence-corrected chi connectivity index (χ4v) is 6.17. The van der Waals surface area contributed by atoms with Crippen LogP contribution in [0.15, 0.2) is 48.7 Å². The van der Waals surface area contributed by atoms with Crippen LogP contribution >= 0.6 is 0 Å². The van der Waals surface area contributed by atoms with Crippen molar-refractivity contribution in [3.63, 3.8) is 0 Å². The second kappa shape index (κ2) is 11.4. The van der Waals surface area contributed by atoms with Crippen molar-refractivity contribution in [2.75, 3.05) is 44.6 Å². The summed E-state index contributed by atoms with van der Waals surface area (Å²) in [6.45, 7) is 4.31. The first-order chi connectivity index (χ1) is 20.2. The first-order valence-corrected chi connectivity index (χ1v) is 14.4. The Labute approximate surface area is 241 Å². The zero-order valence-electron chi connectivity index (χ0n) is 23.3. The number of halogens is 3. The molecule has 5 heterocycles. The van der Waals surface area contributed by atoms with Crippen molar-refractivity contribution in [1.29, 1.82) is 0 Å². The van der Waals surface area contributed by atoms with Crippen molar-refractivity contribution in [1.82, 2.24) is 29.7 Å². The number of aromatic nitrogens is 3. The normalized spacial score (nSPS) is 18.9. The molecule has 6 rings (SSSR count). The summed E-state index contributed by atoms with van der Waals surface area (Å²) in [5.41, 5.74) is 4.23. The molecule has 0 radical (unpaired) electrons.